The molecule has 2 amide bonds. The molecule has 2 aliphatic rings. The standard InChI is InChI=1S/C15H27N3O3/c1-2-3-5-18-12-13(11-14(18)19)15(20)16-4-6-17-7-9-21-10-8-17/h13H,2-12H2,1H3,(H,16,20)/p+1/t13-/m1/s1. The van der Waals surface area contributed by atoms with Gasteiger partial charge in [-0.15, -0.1) is 0 Å². The second-order valence-corrected chi connectivity index (χ2v) is 6.00. The molecule has 120 valence electrons. The van der Waals surface area contributed by atoms with Crippen molar-refractivity contribution in [3.8, 4) is 0 Å². The van der Waals surface area contributed by atoms with Gasteiger partial charge in [-0.2, -0.15) is 0 Å². The van der Waals surface area contributed by atoms with Crippen LogP contribution in [0.25, 0.3) is 0 Å². The summed E-state index contributed by atoms with van der Waals surface area (Å²) < 4.78 is 5.31. The van der Waals surface area contributed by atoms with Gasteiger partial charge in [0.1, 0.15) is 13.1 Å². The minimum atomic E-state index is -0.158. The number of hydrogen-bond donors (Lipinski definition) is 2. The predicted molar refractivity (Wildman–Crippen MR) is 79.0 cm³/mol. The largest absolute Gasteiger partial charge is 0.370 e. The van der Waals surface area contributed by atoms with Crippen LogP contribution in [0.5, 0.6) is 0 Å². The molecule has 2 saturated heterocycles. The third-order valence-electron chi connectivity index (χ3n) is 4.34. The van der Waals surface area contributed by atoms with Gasteiger partial charge in [-0.05, 0) is 6.42 Å². The number of nitrogens with one attached hydrogen (secondary N) is 2. The number of hydrogen-bond acceptors (Lipinski definition) is 3. The summed E-state index contributed by atoms with van der Waals surface area (Å²) in [5.74, 6) is 0.00598. The normalized spacial score (nSPS) is 23.6. The molecule has 0 unspecified atom stereocenters. The lowest BCUT2D eigenvalue weighted by Gasteiger charge is -2.24. The molecule has 0 bridgehead atoms. The molecule has 1 atom stereocenters. The average molecular weight is 298 g/mol. The van der Waals surface area contributed by atoms with E-state index in [1.807, 2.05) is 4.90 Å². The van der Waals surface area contributed by atoms with Gasteiger partial charge in [0.2, 0.25) is 11.8 Å². The Bertz CT molecular complexity index is 356. The molecule has 0 aromatic rings. The first-order valence-electron chi connectivity index (χ1n) is 8.17. The van der Waals surface area contributed by atoms with Crippen LogP contribution >= 0.6 is 0 Å². The van der Waals surface area contributed by atoms with Crippen molar-refractivity contribution < 1.29 is 19.2 Å². The summed E-state index contributed by atoms with van der Waals surface area (Å²) in [4.78, 5) is 27.3. The number of rotatable bonds is 7. The number of quaternary nitrogens is 1. The Labute approximate surface area is 126 Å². The number of likely N-dealkylation sites (tertiary alicyclic amines) is 1. The molecule has 2 N–H and O–H groups in total. The summed E-state index contributed by atoms with van der Waals surface area (Å²) in [5.41, 5.74) is 0. The van der Waals surface area contributed by atoms with E-state index >= 15 is 0 Å². The van der Waals surface area contributed by atoms with E-state index in [2.05, 4.69) is 12.2 Å². The summed E-state index contributed by atoms with van der Waals surface area (Å²) in [5, 5.41) is 2.99. The molecule has 6 heteroatoms. The van der Waals surface area contributed by atoms with Crippen molar-refractivity contribution in [3.05, 3.63) is 0 Å². The maximum atomic E-state index is 12.1. The van der Waals surface area contributed by atoms with Crippen LogP contribution in [-0.2, 0) is 14.3 Å². The maximum Gasteiger partial charge on any atom is 0.225 e. The zero-order valence-corrected chi connectivity index (χ0v) is 13.0. The number of amides is 2. The molecule has 2 rings (SSSR count). The molecule has 0 aromatic heterocycles. The number of nitrogens with zero attached hydrogens (tertiary/aromatic N) is 1. The van der Waals surface area contributed by atoms with E-state index in [-0.39, 0.29) is 17.7 Å². The van der Waals surface area contributed by atoms with E-state index in [1.165, 1.54) is 4.90 Å². The van der Waals surface area contributed by atoms with Crippen molar-refractivity contribution in [2.45, 2.75) is 26.2 Å². The van der Waals surface area contributed by atoms with Crippen LogP contribution in [0.3, 0.4) is 0 Å². The lowest BCUT2D eigenvalue weighted by Crippen LogP contribution is -3.14. The second-order valence-electron chi connectivity index (χ2n) is 6.00. The van der Waals surface area contributed by atoms with Gasteiger partial charge in [0, 0.05) is 19.5 Å². The van der Waals surface area contributed by atoms with Crippen molar-refractivity contribution in [2.75, 3.05) is 52.5 Å². The molecule has 2 aliphatic heterocycles. The van der Waals surface area contributed by atoms with Gasteiger partial charge >= 0.3 is 0 Å². The fraction of sp³-hybridized carbons (Fsp3) is 0.867. The zero-order chi connectivity index (χ0) is 15.1. The lowest BCUT2D eigenvalue weighted by atomic mass is 10.1. The van der Waals surface area contributed by atoms with Crippen molar-refractivity contribution in [1.29, 1.82) is 0 Å². The van der Waals surface area contributed by atoms with E-state index < -0.39 is 0 Å². The summed E-state index contributed by atoms with van der Waals surface area (Å²) in [6.45, 7) is 8.78. The highest BCUT2D eigenvalue weighted by molar-refractivity contribution is 5.89. The van der Waals surface area contributed by atoms with Gasteiger partial charge in [0.15, 0.2) is 0 Å². The number of ether oxygens (including phenoxy) is 1. The van der Waals surface area contributed by atoms with Crippen LogP contribution in [0, 0.1) is 5.92 Å². The van der Waals surface area contributed by atoms with E-state index in [1.54, 1.807) is 0 Å². The van der Waals surface area contributed by atoms with Gasteiger partial charge in [-0.3, -0.25) is 9.59 Å². The number of morpholine rings is 1. The van der Waals surface area contributed by atoms with Gasteiger partial charge in [-0.1, -0.05) is 13.3 Å². The number of carbonyl (C=O) groups is 2. The van der Waals surface area contributed by atoms with E-state index in [0.29, 0.717) is 19.5 Å². The SMILES string of the molecule is CCCCN1C[C@H](C(=O)NCC[NH+]2CCOCC2)CC1=O. The highest BCUT2D eigenvalue weighted by Gasteiger charge is 2.33. The lowest BCUT2D eigenvalue weighted by molar-refractivity contribution is -0.906. The fourth-order valence-corrected chi connectivity index (χ4v) is 2.93. The third-order valence-corrected chi connectivity index (χ3v) is 4.34. The first-order valence-corrected chi connectivity index (χ1v) is 8.17. The van der Waals surface area contributed by atoms with Crippen molar-refractivity contribution in [1.82, 2.24) is 10.2 Å². The Balaban J connectivity index is 1.65. The molecule has 2 fully saturated rings. The summed E-state index contributed by atoms with van der Waals surface area (Å²) >= 11 is 0. The van der Waals surface area contributed by atoms with E-state index in [4.69, 9.17) is 4.74 Å². The zero-order valence-electron chi connectivity index (χ0n) is 13.0. The quantitative estimate of drug-likeness (QED) is 0.612. The Hall–Kier alpha value is -1.14. The topological polar surface area (TPSA) is 63.1 Å². The smallest absolute Gasteiger partial charge is 0.225 e. The number of carbonyl (C=O) groups excluding carboxylic acids is 2. The predicted octanol–water partition coefficient (Wildman–Crippen LogP) is -1.33. The van der Waals surface area contributed by atoms with Crippen LogP contribution in [-0.4, -0.2) is 69.2 Å². The van der Waals surface area contributed by atoms with Gasteiger partial charge in [-0.25, -0.2) is 0 Å². The first kappa shape index (κ1) is 16.2. The van der Waals surface area contributed by atoms with E-state index in [9.17, 15) is 9.59 Å². The first-order chi connectivity index (χ1) is 10.2. The van der Waals surface area contributed by atoms with Crippen LogP contribution in [0.15, 0.2) is 0 Å². The van der Waals surface area contributed by atoms with Gasteiger partial charge in [0.05, 0.1) is 32.2 Å². The Morgan fingerprint density at radius 2 is 2.19 bits per heavy atom. The highest BCUT2D eigenvalue weighted by atomic mass is 16.5. The Morgan fingerprint density at radius 3 is 2.90 bits per heavy atom. The van der Waals surface area contributed by atoms with Gasteiger partial charge in [0.25, 0.3) is 0 Å². The summed E-state index contributed by atoms with van der Waals surface area (Å²) in [6, 6.07) is 0. The molecule has 0 aliphatic carbocycles. The minimum absolute atomic E-state index is 0.0370. The Kier molecular flexibility index (Phi) is 6.45. The van der Waals surface area contributed by atoms with Crippen LogP contribution < -0.4 is 10.2 Å². The van der Waals surface area contributed by atoms with Crippen molar-refractivity contribution in [2.24, 2.45) is 5.92 Å². The maximum absolute atomic E-state index is 12.1. The molecule has 0 aromatic carbocycles. The van der Waals surface area contributed by atoms with Gasteiger partial charge < -0.3 is 19.9 Å². The monoisotopic (exact) mass is 298 g/mol. The summed E-state index contributed by atoms with van der Waals surface area (Å²) in [7, 11) is 0. The molecule has 0 spiro atoms. The molecule has 2 heterocycles. The Morgan fingerprint density at radius 1 is 1.43 bits per heavy atom. The molecular weight excluding hydrogens is 270 g/mol. The van der Waals surface area contributed by atoms with E-state index in [0.717, 1.165) is 52.2 Å². The van der Waals surface area contributed by atoms with Crippen LogP contribution in [0.4, 0.5) is 0 Å². The van der Waals surface area contributed by atoms with Crippen LogP contribution in [0.1, 0.15) is 26.2 Å². The average Bonchev–Trinajstić information content (AvgIpc) is 2.87. The second kappa shape index (κ2) is 8.34. The highest BCUT2D eigenvalue weighted by Crippen LogP contribution is 2.18. The van der Waals surface area contributed by atoms with Crippen molar-refractivity contribution >= 4 is 11.8 Å². The molecule has 21 heavy (non-hydrogen) atoms. The molecule has 6 nitrogen and oxygen atoms in total. The third kappa shape index (κ3) is 4.97. The minimum Gasteiger partial charge on any atom is -0.370 e. The number of unbranched alkanes of at least 4 members (excludes halogenated alkanes) is 1. The molecule has 0 saturated carbocycles. The van der Waals surface area contributed by atoms with Crippen LogP contribution in [0.2, 0.25) is 0 Å². The molecular formula is C15H28N3O3+. The van der Waals surface area contributed by atoms with Crippen molar-refractivity contribution in [3.63, 3.8) is 0 Å². The fourth-order valence-electron chi connectivity index (χ4n) is 2.93. The summed E-state index contributed by atoms with van der Waals surface area (Å²) in [6.07, 6.45) is 2.46. The molecule has 0 radical (unpaired) electrons.